The summed E-state index contributed by atoms with van der Waals surface area (Å²) >= 11 is 0. The van der Waals surface area contributed by atoms with Crippen molar-refractivity contribution in [2.24, 2.45) is 0 Å². The molecule has 0 saturated carbocycles. The molecule has 0 radical (unpaired) electrons. The summed E-state index contributed by atoms with van der Waals surface area (Å²) in [5, 5.41) is 1.14. The SMILES string of the molecule is Cc1ccc2ccc(-c3nc(C)cc(C)n3)nc2c1. The second-order valence-corrected chi connectivity index (χ2v) is 4.87. The number of fused-ring (bicyclic) bond motifs is 1. The molecule has 0 fully saturated rings. The van der Waals surface area contributed by atoms with Crippen LogP contribution in [0.25, 0.3) is 22.4 Å². The Morgan fingerprint density at radius 3 is 2.16 bits per heavy atom. The maximum absolute atomic E-state index is 4.66. The van der Waals surface area contributed by atoms with Crippen LogP contribution < -0.4 is 0 Å². The fourth-order valence-corrected chi connectivity index (χ4v) is 2.19. The van der Waals surface area contributed by atoms with Crippen LogP contribution >= 0.6 is 0 Å². The minimum atomic E-state index is 0.695. The van der Waals surface area contributed by atoms with Gasteiger partial charge in [-0.1, -0.05) is 18.2 Å². The number of hydrogen-bond acceptors (Lipinski definition) is 3. The van der Waals surface area contributed by atoms with Crippen LogP contribution in [0.2, 0.25) is 0 Å². The Kier molecular flexibility index (Phi) is 2.75. The molecule has 19 heavy (non-hydrogen) atoms. The highest BCUT2D eigenvalue weighted by Crippen LogP contribution is 2.19. The lowest BCUT2D eigenvalue weighted by atomic mass is 10.1. The zero-order chi connectivity index (χ0) is 13.4. The first-order valence-electron chi connectivity index (χ1n) is 6.32. The van der Waals surface area contributed by atoms with E-state index in [1.807, 2.05) is 26.0 Å². The van der Waals surface area contributed by atoms with E-state index in [-0.39, 0.29) is 0 Å². The van der Waals surface area contributed by atoms with Gasteiger partial charge in [0.1, 0.15) is 5.69 Å². The first-order chi connectivity index (χ1) is 9.11. The normalized spacial score (nSPS) is 10.9. The third-order valence-electron chi connectivity index (χ3n) is 3.06. The summed E-state index contributed by atoms with van der Waals surface area (Å²) in [4.78, 5) is 13.6. The van der Waals surface area contributed by atoms with E-state index in [9.17, 15) is 0 Å². The fourth-order valence-electron chi connectivity index (χ4n) is 2.19. The van der Waals surface area contributed by atoms with Gasteiger partial charge in [0.05, 0.1) is 5.52 Å². The van der Waals surface area contributed by atoms with Gasteiger partial charge >= 0.3 is 0 Å². The van der Waals surface area contributed by atoms with Gasteiger partial charge < -0.3 is 0 Å². The monoisotopic (exact) mass is 249 g/mol. The minimum absolute atomic E-state index is 0.695. The lowest BCUT2D eigenvalue weighted by molar-refractivity contribution is 1.05. The van der Waals surface area contributed by atoms with E-state index in [1.54, 1.807) is 0 Å². The second kappa shape index (κ2) is 4.43. The number of rotatable bonds is 1. The average molecular weight is 249 g/mol. The van der Waals surface area contributed by atoms with Crippen LogP contribution in [0, 0.1) is 20.8 Å². The maximum atomic E-state index is 4.66. The van der Waals surface area contributed by atoms with E-state index >= 15 is 0 Å². The van der Waals surface area contributed by atoms with Gasteiger partial charge in [0.2, 0.25) is 0 Å². The predicted molar refractivity (Wildman–Crippen MR) is 77.0 cm³/mol. The molecule has 3 aromatic rings. The summed E-state index contributed by atoms with van der Waals surface area (Å²) in [5.74, 6) is 0.695. The van der Waals surface area contributed by atoms with E-state index in [0.717, 1.165) is 28.0 Å². The number of pyridine rings is 1. The summed E-state index contributed by atoms with van der Waals surface area (Å²) in [6.07, 6.45) is 0. The molecule has 94 valence electrons. The summed E-state index contributed by atoms with van der Waals surface area (Å²) in [5.41, 5.74) is 4.95. The lowest BCUT2D eigenvalue weighted by Gasteiger charge is -2.05. The van der Waals surface area contributed by atoms with Gasteiger partial charge in [0, 0.05) is 16.8 Å². The first kappa shape index (κ1) is 11.8. The van der Waals surface area contributed by atoms with Crippen molar-refractivity contribution in [2.75, 3.05) is 0 Å². The minimum Gasteiger partial charge on any atom is -0.244 e. The molecule has 0 aliphatic rings. The van der Waals surface area contributed by atoms with Crippen LogP contribution in [0.4, 0.5) is 0 Å². The molecule has 2 heterocycles. The Balaban J connectivity index is 2.19. The van der Waals surface area contributed by atoms with Gasteiger partial charge in [-0.25, -0.2) is 15.0 Å². The molecule has 1 aromatic carbocycles. The quantitative estimate of drug-likeness (QED) is 0.661. The summed E-state index contributed by atoms with van der Waals surface area (Å²) in [7, 11) is 0. The van der Waals surface area contributed by atoms with Gasteiger partial charge in [-0.05, 0) is 44.5 Å². The summed E-state index contributed by atoms with van der Waals surface area (Å²) < 4.78 is 0. The molecule has 0 spiro atoms. The van der Waals surface area contributed by atoms with Gasteiger partial charge in [0.25, 0.3) is 0 Å². The van der Waals surface area contributed by atoms with Crippen LogP contribution in [0.3, 0.4) is 0 Å². The van der Waals surface area contributed by atoms with Crippen LogP contribution in [0.15, 0.2) is 36.4 Å². The molecule has 3 rings (SSSR count). The van der Waals surface area contributed by atoms with Gasteiger partial charge in [0.15, 0.2) is 5.82 Å². The Hall–Kier alpha value is -2.29. The van der Waals surface area contributed by atoms with E-state index in [4.69, 9.17) is 0 Å². The van der Waals surface area contributed by atoms with Crippen molar-refractivity contribution in [3.05, 3.63) is 53.3 Å². The van der Waals surface area contributed by atoms with Crippen molar-refractivity contribution in [1.82, 2.24) is 15.0 Å². The number of nitrogens with zero attached hydrogens (tertiary/aromatic N) is 3. The van der Waals surface area contributed by atoms with Gasteiger partial charge in [-0.2, -0.15) is 0 Å². The van der Waals surface area contributed by atoms with E-state index < -0.39 is 0 Å². The molecule has 0 saturated heterocycles. The first-order valence-corrected chi connectivity index (χ1v) is 6.32. The predicted octanol–water partition coefficient (Wildman–Crippen LogP) is 3.62. The van der Waals surface area contributed by atoms with E-state index in [0.29, 0.717) is 5.82 Å². The zero-order valence-electron chi connectivity index (χ0n) is 11.3. The van der Waals surface area contributed by atoms with Crippen molar-refractivity contribution in [3.63, 3.8) is 0 Å². The third kappa shape index (κ3) is 2.32. The average Bonchev–Trinajstić information content (AvgIpc) is 2.36. The largest absolute Gasteiger partial charge is 0.244 e. The van der Waals surface area contributed by atoms with Crippen LogP contribution in [0.5, 0.6) is 0 Å². The van der Waals surface area contributed by atoms with Crippen molar-refractivity contribution in [2.45, 2.75) is 20.8 Å². The van der Waals surface area contributed by atoms with Crippen molar-refractivity contribution in [3.8, 4) is 11.5 Å². The number of aromatic nitrogens is 3. The highest BCUT2D eigenvalue weighted by atomic mass is 14.9. The molecule has 2 aromatic heterocycles. The Labute approximate surface area is 112 Å². The number of aryl methyl sites for hydroxylation is 3. The molecule has 0 amide bonds. The molecular weight excluding hydrogens is 234 g/mol. The zero-order valence-corrected chi connectivity index (χ0v) is 11.3. The molecular formula is C16H15N3. The molecule has 0 unspecified atom stereocenters. The Morgan fingerprint density at radius 1 is 0.737 bits per heavy atom. The molecule has 3 heteroatoms. The molecule has 0 N–H and O–H groups in total. The van der Waals surface area contributed by atoms with Crippen molar-refractivity contribution >= 4 is 10.9 Å². The fraction of sp³-hybridized carbons (Fsp3) is 0.188. The molecule has 0 aliphatic heterocycles. The highest BCUT2D eigenvalue weighted by molar-refractivity contribution is 5.81. The van der Waals surface area contributed by atoms with Crippen molar-refractivity contribution < 1.29 is 0 Å². The molecule has 0 aliphatic carbocycles. The Bertz CT molecular complexity index is 743. The van der Waals surface area contributed by atoms with Crippen molar-refractivity contribution in [1.29, 1.82) is 0 Å². The van der Waals surface area contributed by atoms with E-state index in [2.05, 4.69) is 46.1 Å². The maximum Gasteiger partial charge on any atom is 0.178 e. The summed E-state index contributed by atoms with van der Waals surface area (Å²) in [6.45, 7) is 6.02. The van der Waals surface area contributed by atoms with Gasteiger partial charge in [-0.15, -0.1) is 0 Å². The second-order valence-electron chi connectivity index (χ2n) is 4.87. The van der Waals surface area contributed by atoms with Crippen LogP contribution in [-0.4, -0.2) is 15.0 Å². The molecule has 0 bridgehead atoms. The lowest BCUT2D eigenvalue weighted by Crippen LogP contribution is -1.96. The number of benzene rings is 1. The summed E-state index contributed by atoms with van der Waals surface area (Å²) in [6, 6.07) is 12.3. The van der Waals surface area contributed by atoms with Crippen LogP contribution in [-0.2, 0) is 0 Å². The molecule has 3 nitrogen and oxygen atoms in total. The topological polar surface area (TPSA) is 38.7 Å². The Morgan fingerprint density at radius 2 is 1.42 bits per heavy atom. The molecule has 0 atom stereocenters. The standard InChI is InChI=1S/C16H15N3/c1-10-4-5-13-6-7-14(19-15(13)8-10)16-17-11(2)9-12(3)18-16/h4-9H,1-3H3. The van der Waals surface area contributed by atoms with Gasteiger partial charge in [-0.3, -0.25) is 0 Å². The van der Waals surface area contributed by atoms with E-state index in [1.165, 1.54) is 5.56 Å². The third-order valence-corrected chi connectivity index (χ3v) is 3.06. The number of hydrogen-bond donors (Lipinski definition) is 0. The highest BCUT2D eigenvalue weighted by Gasteiger charge is 2.06. The van der Waals surface area contributed by atoms with Crippen LogP contribution in [0.1, 0.15) is 17.0 Å². The smallest absolute Gasteiger partial charge is 0.178 e.